The van der Waals surface area contributed by atoms with E-state index in [1.807, 2.05) is 18.2 Å². The lowest BCUT2D eigenvalue weighted by molar-refractivity contribution is -0.134. The molecule has 5 heteroatoms. The number of phenols is 1. The molecule has 0 bridgehead atoms. The summed E-state index contributed by atoms with van der Waals surface area (Å²) in [5.74, 6) is 0.168. The summed E-state index contributed by atoms with van der Waals surface area (Å²) in [7, 11) is 0. The number of ether oxygens (including phenoxy) is 2. The van der Waals surface area contributed by atoms with Crippen LogP contribution in [0.25, 0.3) is 12.2 Å². The average Bonchev–Trinajstić information content (AvgIpc) is 2.60. The zero-order chi connectivity index (χ0) is 18.2. The van der Waals surface area contributed by atoms with E-state index < -0.39 is 0 Å². The molecule has 0 spiro atoms. The molecule has 0 fully saturated rings. The van der Waals surface area contributed by atoms with E-state index in [0.29, 0.717) is 23.5 Å². The van der Waals surface area contributed by atoms with Crippen molar-refractivity contribution >= 4 is 24.1 Å². The van der Waals surface area contributed by atoms with Crippen LogP contribution in [-0.4, -0.2) is 17.0 Å². The number of rotatable bonds is 6. The van der Waals surface area contributed by atoms with Gasteiger partial charge in [0.15, 0.2) is 0 Å². The van der Waals surface area contributed by atoms with Crippen molar-refractivity contribution in [3.63, 3.8) is 0 Å². The fourth-order valence-corrected chi connectivity index (χ4v) is 2.01. The Morgan fingerprint density at radius 1 is 0.840 bits per heavy atom. The van der Waals surface area contributed by atoms with Crippen LogP contribution < -0.4 is 9.47 Å². The van der Waals surface area contributed by atoms with E-state index in [9.17, 15) is 14.7 Å². The highest BCUT2D eigenvalue weighted by Crippen LogP contribution is 2.24. The van der Waals surface area contributed by atoms with Crippen LogP contribution in [0.4, 0.5) is 0 Å². The number of aromatic hydroxyl groups is 1. The highest BCUT2D eigenvalue weighted by atomic mass is 16.5. The number of carbonyl (C=O) groups excluding carboxylic acids is 2. The molecule has 0 aliphatic rings. The van der Waals surface area contributed by atoms with Gasteiger partial charge in [0.1, 0.15) is 17.2 Å². The number of phenolic OH excluding ortho intramolecular Hbond substituents is 1. The quantitative estimate of drug-likeness (QED) is 0.485. The molecule has 130 valence electrons. The molecular formula is C20H20O5. The van der Waals surface area contributed by atoms with Crippen molar-refractivity contribution in [1.29, 1.82) is 0 Å². The molecule has 1 N–H and O–H groups in total. The lowest BCUT2D eigenvalue weighted by atomic mass is 10.1. The first-order valence-corrected chi connectivity index (χ1v) is 8.03. The standard InChI is InChI=1S/C20H20O5/c1-3-19(22)24-17-9-7-14(8-10-17)5-6-15-11-16(21)13-18(12-15)25-20(23)4-2/h5-13,21H,3-4H2,1-2H3/b6-5+. The Morgan fingerprint density at radius 2 is 1.40 bits per heavy atom. The molecule has 2 aromatic rings. The van der Waals surface area contributed by atoms with E-state index in [2.05, 4.69) is 0 Å². The van der Waals surface area contributed by atoms with Gasteiger partial charge in [0.25, 0.3) is 0 Å². The van der Waals surface area contributed by atoms with Crippen LogP contribution in [0.1, 0.15) is 37.8 Å². The first-order valence-electron chi connectivity index (χ1n) is 8.03. The summed E-state index contributed by atoms with van der Waals surface area (Å²) in [6.07, 6.45) is 4.21. The Balaban J connectivity index is 2.10. The molecule has 0 radical (unpaired) electrons. The fourth-order valence-electron chi connectivity index (χ4n) is 2.01. The molecular weight excluding hydrogens is 320 g/mol. The molecule has 0 amide bonds. The summed E-state index contributed by atoms with van der Waals surface area (Å²) < 4.78 is 10.2. The van der Waals surface area contributed by atoms with Crippen molar-refractivity contribution in [3.05, 3.63) is 53.6 Å². The summed E-state index contributed by atoms with van der Waals surface area (Å²) in [5, 5.41) is 9.75. The van der Waals surface area contributed by atoms with E-state index in [4.69, 9.17) is 9.47 Å². The van der Waals surface area contributed by atoms with Crippen LogP contribution >= 0.6 is 0 Å². The van der Waals surface area contributed by atoms with Gasteiger partial charge in [0.05, 0.1) is 0 Å². The van der Waals surface area contributed by atoms with Crippen molar-refractivity contribution in [2.75, 3.05) is 0 Å². The molecule has 25 heavy (non-hydrogen) atoms. The predicted octanol–water partition coefficient (Wildman–Crippen LogP) is 4.19. The third-order valence-corrected chi connectivity index (χ3v) is 3.30. The summed E-state index contributed by atoms with van der Waals surface area (Å²) in [6, 6.07) is 11.7. The van der Waals surface area contributed by atoms with Crippen LogP contribution in [0.3, 0.4) is 0 Å². The summed E-state index contributed by atoms with van der Waals surface area (Å²) >= 11 is 0. The molecule has 0 atom stereocenters. The summed E-state index contributed by atoms with van der Waals surface area (Å²) in [4.78, 5) is 22.6. The second kappa shape index (κ2) is 8.68. The van der Waals surface area contributed by atoms with Crippen LogP contribution in [0.2, 0.25) is 0 Å². The number of hydrogen-bond acceptors (Lipinski definition) is 5. The molecule has 0 aliphatic heterocycles. The van der Waals surface area contributed by atoms with Crippen molar-refractivity contribution in [1.82, 2.24) is 0 Å². The number of carbonyl (C=O) groups is 2. The van der Waals surface area contributed by atoms with Crippen molar-refractivity contribution < 1.29 is 24.2 Å². The van der Waals surface area contributed by atoms with Gasteiger partial charge in [-0.3, -0.25) is 9.59 Å². The second-order valence-corrected chi connectivity index (χ2v) is 5.32. The molecule has 0 heterocycles. The zero-order valence-corrected chi connectivity index (χ0v) is 14.2. The molecule has 0 saturated carbocycles. The van der Waals surface area contributed by atoms with Gasteiger partial charge in [-0.2, -0.15) is 0 Å². The van der Waals surface area contributed by atoms with Gasteiger partial charge < -0.3 is 14.6 Å². The fraction of sp³-hybridized carbons (Fsp3) is 0.200. The van der Waals surface area contributed by atoms with Gasteiger partial charge in [-0.25, -0.2) is 0 Å². The summed E-state index contributed by atoms with van der Waals surface area (Å²) in [5.41, 5.74) is 1.59. The Bertz CT molecular complexity index is 775. The molecule has 5 nitrogen and oxygen atoms in total. The number of benzene rings is 2. The third-order valence-electron chi connectivity index (χ3n) is 3.30. The second-order valence-electron chi connectivity index (χ2n) is 5.32. The van der Waals surface area contributed by atoms with Crippen LogP contribution in [-0.2, 0) is 9.59 Å². The van der Waals surface area contributed by atoms with E-state index in [0.717, 1.165) is 5.56 Å². The smallest absolute Gasteiger partial charge is 0.310 e. The Morgan fingerprint density at radius 3 is 2.00 bits per heavy atom. The van der Waals surface area contributed by atoms with Gasteiger partial charge in [0.2, 0.25) is 0 Å². The van der Waals surface area contributed by atoms with Gasteiger partial charge in [0, 0.05) is 18.9 Å². The first kappa shape index (κ1) is 18.3. The van der Waals surface area contributed by atoms with E-state index in [-0.39, 0.29) is 24.1 Å². The van der Waals surface area contributed by atoms with Crippen LogP contribution in [0.15, 0.2) is 42.5 Å². The first-order chi connectivity index (χ1) is 12.0. The van der Waals surface area contributed by atoms with E-state index >= 15 is 0 Å². The summed E-state index contributed by atoms with van der Waals surface area (Å²) in [6.45, 7) is 3.44. The largest absolute Gasteiger partial charge is 0.508 e. The molecule has 0 aliphatic carbocycles. The Labute approximate surface area is 146 Å². The maximum atomic E-state index is 11.4. The molecule has 2 rings (SSSR count). The maximum Gasteiger partial charge on any atom is 0.310 e. The van der Waals surface area contributed by atoms with Gasteiger partial charge in [-0.15, -0.1) is 0 Å². The topological polar surface area (TPSA) is 72.8 Å². The minimum absolute atomic E-state index is 0.0166. The van der Waals surface area contributed by atoms with E-state index in [1.54, 1.807) is 44.2 Å². The molecule has 0 saturated heterocycles. The lowest BCUT2D eigenvalue weighted by Crippen LogP contribution is -2.05. The number of hydrogen-bond donors (Lipinski definition) is 1. The van der Waals surface area contributed by atoms with E-state index in [1.165, 1.54) is 6.07 Å². The average molecular weight is 340 g/mol. The zero-order valence-electron chi connectivity index (χ0n) is 14.2. The van der Waals surface area contributed by atoms with Gasteiger partial charge >= 0.3 is 11.9 Å². The maximum absolute atomic E-state index is 11.4. The Kier molecular flexibility index (Phi) is 6.34. The highest BCUT2D eigenvalue weighted by molar-refractivity contribution is 5.75. The minimum Gasteiger partial charge on any atom is -0.508 e. The number of esters is 2. The third kappa shape index (κ3) is 5.80. The van der Waals surface area contributed by atoms with Crippen molar-refractivity contribution in [2.24, 2.45) is 0 Å². The van der Waals surface area contributed by atoms with Gasteiger partial charge in [-0.1, -0.05) is 38.1 Å². The highest BCUT2D eigenvalue weighted by Gasteiger charge is 2.04. The lowest BCUT2D eigenvalue weighted by Gasteiger charge is -2.05. The minimum atomic E-state index is -0.363. The normalized spacial score (nSPS) is 10.6. The van der Waals surface area contributed by atoms with Crippen molar-refractivity contribution in [2.45, 2.75) is 26.7 Å². The van der Waals surface area contributed by atoms with Crippen molar-refractivity contribution in [3.8, 4) is 17.2 Å². The predicted molar refractivity (Wildman–Crippen MR) is 95.3 cm³/mol. The van der Waals surface area contributed by atoms with Gasteiger partial charge in [-0.05, 0) is 35.4 Å². The SMILES string of the molecule is CCC(=O)Oc1ccc(/C=C/c2cc(O)cc(OC(=O)CC)c2)cc1. The molecule has 2 aromatic carbocycles. The monoisotopic (exact) mass is 340 g/mol. The molecule has 0 aromatic heterocycles. The van der Waals surface area contributed by atoms with Crippen LogP contribution in [0, 0.1) is 0 Å². The molecule has 0 unspecified atom stereocenters. The Hall–Kier alpha value is -3.08. The van der Waals surface area contributed by atoms with Crippen LogP contribution in [0.5, 0.6) is 17.2 Å².